The number of rotatable bonds is 9. The number of halogens is 2. The molecule has 1 N–H and O–H groups in total. The first-order valence-corrected chi connectivity index (χ1v) is 19.2. The van der Waals surface area contributed by atoms with Crippen molar-refractivity contribution < 1.29 is 32.3 Å². The number of benzene rings is 2. The van der Waals surface area contributed by atoms with Crippen molar-refractivity contribution in [3.05, 3.63) is 71.6 Å². The summed E-state index contributed by atoms with van der Waals surface area (Å²) in [5.41, 5.74) is 1.83. The summed E-state index contributed by atoms with van der Waals surface area (Å²) in [6, 6.07) is 8.77. The Bertz CT molecular complexity index is 1860. The first-order chi connectivity index (χ1) is 22.7. The van der Waals surface area contributed by atoms with Crippen LogP contribution < -0.4 is 10.1 Å². The van der Waals surface area contributed by atoms with Crippen molar-refractivity contribution in [2.24, 2.45) is 0 Å². The normalized spacial score (nSPS) is 16.9. The lowest BCUT2D eigenvalue weighted by Gasteiger charge is -2.42. The first-order valence-electron chi connectivity index (χ1n) is 16.3. The molecule has 4 aromatic rings. The number of aromatic nitrogens is 4. The Kier molecular flexibility index (Phi) is 9.49. The van der Waals surface area contributed by atoms with Crippen LogP contribution in [-0.2, 0) is 14.8 Å². The largest absolute Gasteiger partial charge is 0.444 e. The zero-order valence-corrected chi connectivity index (χ0v) is 30.7. The predicted octanol–water partition coefficient (Wildman–Crippen LogP) is 8.72. The van der Waals surface area contributed by atoms with E-state index in [-0.39, 0.29) is 28.3 Å². The predicted molar refractivity (Wildman–Crippen MR) is 185 cm³/mol. The molecule has 0 radical (unpaired) electrons. The molecule has 2 aromatic heterocycles. The third kappa shape index (κ3) is 7.52. The van der Waals surface area contributed by atoms with Gasteiger partial charge in [-0.3, -0.25) is 4.79 Å². The monoisotopic (exact) mass is 693 g/mol. The van der Waals surface area contributed by atoms with Crippen LogP contribution >= 0.6 is 0 Å². The number of carbonyl (C=O) groups excluding carboxylic acids is 2. The SMILES string of the molecule is CC(C)(C)OC(=O)N[C@@H]1CC(c2c(C=O)cccc2OC(F)F)n2c1nc1ccc(-c3cnc(C(C)(C)O[Si](C)(C)C(C)(C)C)nc3)cc12. The van der Waals surface area contributed by atoms with Crippen LogP contribution in [0.3, 0.4) is 0 Å². The summed E-state index contributed by atoms with van der Waals surface area (Å²) in [5, 5.41) is 2.91. The highest BCUT2D eigenvalue weighted by Crippen LogP contribution is 2.46. The second-order valence-corrected chi connectivity index (χ2v) is 20.1. The van der Waals surface area contributed by atoms with E-state index in [2.05, 4.69) is 39.2 Å². The Labute approximate surface area is 286 Å². The Balaban J connectivity index is 1.58. The van der Waals surface area contributed by atoms with Gasteiger partial charge in [0.2, 0.25) is 0 Å². The number of hydrogen-bond donors (Lipinski definition) is 1. The maximum absolute atomic E-state index is 13.6. The van der Waals surface area contributed by atoms with Crippen molar-refractivity contribution in [1.29, 1.82) is 0 Å². The Morgan fingerprint density at radius 1 is 1.02 bits per heavy atom. The number of nitrogens with zero attached hydrogens (tertiary/aromatic N) is 4. The zero-order valence-electron chi connectivity index (χ0n) is 29.7. The van der Waals surface area contributed by atoms with Crippen molar-refractivity contribution in [2.75, 3.05) is 0 Å². The quantitative estimate of drug-likeness (QED) is 0.137. The summed E-state index contributed by atoms with van der Waals surface area (Å²) < 4.78 is 46.1. The summed E-state index contributed by atoms with van der Waals surface area (Å²) in [6.45, 7) is 17.1. The zero-order chi connectivity index (χ0) is 36.1. The van der Waals surface area contributed by atoms with Gasteiger partial charge in [-0.1, -0.05) is 39.0 Å². The maximum Gasteiger partial charge on any atom is 0.408 e. The molecule has 0 saturated carbocycles. The molecule has 1 aliphatic heterocycles. The van der Waals surface area contributed by atoms with Crippen LogP contribution in [0.4, 0.5) is 13.6 Å². The number of fused-ring (bicyclic) bond motifs is 3. The van der Waals surface area contributed by atoms with E-state index in [1.54, 1.807) is 39.2 Å². The highest BCUT2D eigenvalue weighted by atomic mass is 28.4. The molecular weight excluding hydrogens is 649 g/mol. The standard InChI is InChI=1S/C36H45F2N5O5Si/c1-34(2,3)47-33(45)42-25-17-27(29-22(20-44)12-11-13-28(29)46-32(37)38)43-26-16-21(14-15-24(26)41-30(25)43)23-18-39-31(40-19-23)36(7,8)48-49(9,10)35(4,5)6/h11-16,18-20,25,27,32H,17H2,1-10H3,(H,42,45)/t25-,27?/m1/s1. The van der Waals surface area contributed by atoms with E-state index in [0.29, 0.717) is 29.0 Å². The molecule has 0 saturated heterocycles. The molecule has 2 aromatic carbocycles. The van der Waals surface area contributed by atoms with Gasteiger partial charge >= 0.3 is 12.7 Å². The number of aldehydes is 1. The molecule has 262 valence electrons. The number of hydrogen-bond acceptors (Lipinski definition) is 8. The summed E-state index contributed by atoms with van der Waals surface area (Å²) in [6.07, 6.45) is 3.68. The number of imidazole rings is 1. The first kappa shape index (κ1) is 36.1. The molecule has 1 aliphatic rings. The van der Waals surface area contributed by atoms with E-state index in [1.165, 1.54) is 12.1 Å². The highest BCUT2D eigenvalue weighted by Gasteiger charge is 2.43. The van der Waals surface area contributed by atoms with Gasteiger partial charge in [-0.05, 0) is 76.5 Å². The lowest BCUT2D eigenvalue weighted by molar-refractivity contribution is -0.0507. The summed E-state index contributed by atoms with van der Waals surface area (Å²) in [5.74, 6) is 0.932. The topological polar surface area (TPSA) is 117 Å². The fourth-order valence-corrected chi connectivity index (χ4v) is 7.64. The van der Waals surface area contributed by atoms with Crippen molar-refractivity contribution in [2.45, 2.75) is 110 Å². The number of nitrogens with one attached hydrogen (secondary N) is 1. The van der Waals surface area contributed by atoms with Gasteiger partial charge in [0.25, 0.3) is 0 Å². The third-order valence-electron chi connectivity index (χ3n) is 9.11. The molecule has 0 spiro atoms. The molecule has 10 nitrogen and oxygen atoms in total. The average molecular weight is 694 g/mol. The van der Waals surface area contributed by atoms with Gasteiger partial charge in [0.15, 0.2) is 20.4 Å². The molecule has 49 heavy (non-hydrogen) atoms. The van der Waals surface area contributed by atoms with Crippen LogP contribution in [0.15, 0.2) is 48.8 Å². The fraction of sp³-hybridized carbons (Fsp3) is 0.472. The smallest absolute Gasteiger partial charge is 0.408 e. The molecular formula is C36H45F2N5O5Si. The van der Waals surface area contributed by atoms with Crippen LogP contribution in [0, 0.1) is 0 Å². The van der Waals surface area contributed by atoms with Crippen molar-refractivity contribution in [3.8, 4) is 16.9 Å². The lowest BCUT2D eigenvalue weighted by atomic mass is 9.96. The van der Waals surface area contributed by atoms with E-state index in [0.717, 1.165) is 11.1 Å². The molecule has 0 aliphatic carbocycles. The summed E-state index contributed by atoms with van der Waals surface area (Å²) in [7, 11) is -2.11. The molecule has 3 heterocycles. The van der Waals surface area contributed by atoms with Crippen molar-refractivity contribution in [1.82, 2.24) is 24.8 Å². The minimum Gasteiger partial charge on any atom is -0.444 e. The van der Waals surface area contributed by atoms with Crippen LogP contribution in [-0.4, -0.2) is 52.4 Å². The fourth-order valence-electron chi connectivity index (χ4n) is 5.96. The van der Waals surface area contributed by atoms with Crippen LogP contribution in [0.1, 0.15) is 101 Å². The number of alkyl carbamates (subject to hydrolysis) is 1. The van der Waals surface area contributed by atoms with Crippen molar-refractivity contribution >= 4 is 31.7 Å². The summed E-state index contributed by atoms with van der Waals surface area (Å²) in [4.78, 5) is 39.4. The molecule has 1 amide bonds. The minimum absolute atomic E-state index is 0.0169. The Hall–Kier alpha value is -4.23. The summed E-state index contributed by atoms with van der Waals surface area (Å²) >= 11 is 0. The Morgan fingerprint density at radius 2 is 1.69 bits per heavy atom. The van der Waals surface area contributed by atoms with Gasteiger partial charge in [-0.2, -0.15) is 8.78 Å². The van der Waals surface area contributed by atoms with Gasteiger partial charge in [-0.25, -0.2) is 19.7 Å². The van der Waals surface area contributed by atoms with Gasteiger partial charge in [0.1, 0.15) is 22.8 Å². The number of alkyl halides is 2. The third-order valence-corrected chi connectivity index (χ3v) is 13.7. The van der Waals surface area contributed by atoms with Gasteiger partial charge < -0.3 is 23.8 Å². The number of carbonyl (C=O) groups is 2. The average Bonchev–Trinajstić information content (AvgIpc) is 3.52. The maximum atomic E-state index is 13.6. The molecule has 0 fully saturated rings. The second kappa shape index (κ2) is 12.9. The van der Waals surface area contributed by atoms with Crippen LogP contribution in [0.25, 0.3) is 22.2 Å². The molecule has 1 unspecified atom stereocenters. The van der Waals surface area contributed by atoms with E-state index < -0.39 is 44.3 Å². The second-order valence-electron chi connectivity index (χ2n) is 15.4. The molecule has 5 rings (SSSR count). The van der Waals surface area contributed by atoms with E-state index >= 15 is 0 Å². The van der Waals surface area contributed by atoms with Crippen molar-refractivity contribution in [3.63, 3.8) is 0 Å². The van der Waals surface area contributed by atoms with Crippen LogP contribution in [0.2, 0.25) is 18.1 Å². The van der Waals surface area contributed by atoms with E-state index in [9.17, 15) is 18.4 Å². The highest BCUT2D eigenvalue weighted by molar-refractivity contribution is 6.74. The van der Waals surface area contributed by atoms with Gasteiger partial charge in [-0.15, -0.1) is 0 Å². The molecule has 13 heteroatoms. The lowest BCUT2D eigenvalue weighted by Crippen LogP contribution is -2.46. The Morgan fingerprint density at radius 3 is 2.29 bits per heavy atom. The van der Waals surface area contributed by atoms with Gasteiger partial charge in [0, 0.05) is 35.5 Å². The van der Waals surface area contributed by atoms with E-state index in [4.69, 9.17) is 28.9 Å². The number of amides is 1. The minimum atomic E-state index is -3.11. The van der Waals surface area contributed by atoms with Crippen LogP contribution in [0.5, 0.6) is 5.75 Å². The molecule has 2 atom stereocenters. The van der Waals surface area contributed by atoms with Gasteiger partial charge in [0.05, 0.1) is 23.1 Å². The van der Waals surface area contributed by atoms with E-state index in [1.807, 2.05) is 36.6 Å². The number of ether oxygens (including phenoxy) is 2. The molecule has 0 bridgehead atoms.